The molecule has 2 aromatic carbocycles. The van der Waals surface area contributed by atoms with Crippen molar-refractivity contribution in [2.24, 2.45) is 0 Å². The van der Waals surface area contributed by atoms with Crippen molar-refractivity contribution in [3.05, 3.63) is 53.8 Å². The third kappa shape index (κ3) is 5.32. The number of piperidine rings is 1. The van der Waals surface area contributed by atoms with Gasteiger partial charge < -0.3 is 15.0 Å². The Labute approximate surface area is 178 Å². The molecule has 4 rings (SSSR count). The molecule has 4 nitrogen and oxygen atoms in total. The van der Waals surface area contributed by atoms with E-state index in [2.05, 4.69) is 22.3 Å². The first-order chi connectivity index (χ1) is 14.7. The number of ether oxygens (including phenoxy) is 1. The molecule has 1 heterocycles. The van der Waals surface area contributed by atoms with Crippen molar-refractivity contribution in [3.8, 4) is 5.75 Å². The molecule has 2 aliphatic rings. The standard InChI is InChI=1S/C25H31FN2O2/c26-23-17-21(11-14-24(23)28-15-5-2-6-16-28)27-25(29)18-30-22-12-9-20(10-13-22)19-7-3-1-4-8-19/h9-14,17,19H,1-8,15-16,18H2,(H,27,29). The Hall–Kier alpha value is -2.56. The van der Waals surface area contributed by atoms with E-state index >= 15 is 0 Å². The summed E-state index contributed by atoms with van der Waals surface area (Å²) in [6, 6.07) is 13.0. The number of hydrogen-bond acceptors (Lipinski definition) is 3. The Morgan fingerprint density at radius 1 is 0.967 bits per heavy atom. The summed E-state index contributed by atoms with van der Waals surface area (Å²) >= 11 is 0. The van der Waals surface area contributed by atoms with Crippen LogP contribution in [0.3, 0.4) is 0 Å². The molecule has 0 unspecified atom stereocenters. The van der Waals surface area contributed by atoms with Crippen LogP contribution >= 0.6 is 0 Å². The van der Waals surface area contributed by atoms with E-state index in [4.69, 9.17) is 4.74 Å². The van der Waals surface area contributed by atoms with Crippen molar-refractivity contribution >= 4 is 17.3 Å². The van der Waals surface area contributed by atoms with Crippen LogP contribution in [0.25, 0.3) is 0 Å². The number of anilines is 2. The number of carbonyl (C=O) groups is 1. The van der Waals surface area contributed by atoms with E-state index in [1.54, 1.807) is 12.1 Å². The number of amides is 1. The normalized spacial score (nSPS) is 17.6. The Morgan fingerprint density at radius 3 is 2.37 bits per heavy atom. The second kappa shape index (κ2) is 9.96. The molecule has 0 bridgehead atoms. The third-order valence-corrected chi connectivity index (χ3v) is 6.25. The van der Waals surface area contributed by atoms with Crippen molar-refractivity contribution in [3.63, 3.8) is 0 Å². The van der Waals surface area contributed by atoms with Crippen molar-refractivity contribution in [2.45, 2.75) is 57.3 Å². The lowest BCUT2D eigenvalue weighted by molar-refractivity contribution is -0.118. The van der Waals surface area contributed by atoms with E-state index in [9.17, 15) is 9.18 Å². The van der Waals surface area contributed by atoms with Gasteiger partial charge >= 0.3 is 0 Å². The molecule has 0 aromatic heterocycles. The highest BCUT2D eigenvalue weighted by atomic mass is 19.1. The van der Waals surface area contributed by atoms with Crippen LogP contribution in [-0.4, -0.2) is 25.6 Å². The van der Waals surface area contributed by atoms with Gasteiger partial charge in [-0.05, 0) is 73.9 Å². The maximum Gasteiger partial charge on any atom is 0.262 e. The van der Waals surface area contributed by atoms with Gasteiger partial charge in [-0.3, -0.25) is 4.79 Å². The average molecular weight is 411 g/mol. The van der Waals surface area contributed by atoms with Gasteiger partial charge in [0.15, 0.2) is 6.61 Å². The van der Waals surface area contributed by atoms with E-state index in [-0.39, 0.29) is 18.3 Å². The highest BCUT2D eigenvalue weighted by molar-refractivity contribution is 5.92. The molecule has 2 fully saturated rings. The molecule has 0 radical (unpaired) electrons. The molecule has 1 amide bonds. The van der Waals surface area contributed by atoms with E-state index in [0.29, 0.717) is 23.0 Å². The maximum atomic E-state index is 14.5. The number of nitrogens with one attached hydrogen (secondary N) is 1. The Balaban J connectivity index is 1.27. The van der Waals surface area contributed by atoms with Gasteiger partial charge in [-0.1, -0.05) is 31.4 Å². The van der Waals surface area contributed by atoms with Crippen molar-refractivity contribution in [1.29, 1.82) is 0 Å². The summed E-state index contributed by atoms with van der Waals surface area (Å²) < 4.78 is 20.1. The molecule has 0 atom stereocenters. The highest BCUT2D eigenvalue weighted by Crippen LogP contribution is 2.33. The summed E-state index contributed by atoms with van der Waals surface area (Å²) in [5, 5.41) is 2.72. The fourth-order valence-corrected chi connectivity index (χ4v) is 4.59. The molecule has 1 saturated heterocycles. The van der Waals surface area contributed by atoms with E-state index < -0.39 is 0 Å². The van der Waals surface area contributed by atoms with Gasteiger partial charge in [0.1, 0.15) is 11.6 Å². The van der Waals surface area contributed by atoms with E-state index in [0.717, 1.165) is 25.9 Å². The zero-order valence-electron chi connectivity index (χ0n) is 17.5. The summed E-state index contributed by atoms with van der Waals surface area (Å²) in [6.07, 6.45) is 9.87. The number of benzene rings is 2. The van der Waals surface area contributed by atoms with Gasteiger partial charge in [-0.25, -0.2) is 4.39 Å². The summed E-state index contributed by atoms with van der Waals surface area (Å²) in [6.45, 7) is 1.67. The third-order valence-electron chi connectivity index (χ3n) is 6.25. The van der Waals surface area contributed by atoms with Crippen LogP contribution in [0.15, 0.2) is 42.5 Å². The van der Waals surface area contributed by atoms with Gasteiger partial charge in [0, 0.05) is 18.8 Å². The lowest BCUT2D eigenvalue weighted by Crippen LogP contribution is -2.30. The van der Waals surface area contributed by atoms with Crippen molar-refractivity contribution < 1.29 is 13.9 Å². The topological polar surface area (TPSA) is 41.6 Å². The lowest BCUT2D eigenvalue weighted by Gasteiger charge is -2.29. The van der Waals surface area contributed by atoms with Crippen LogP contribution in [0.5, 0.6) is 5.75 Å². The second-order valence-corrected chi connectivity index (χ2v) is 8.45. The monoisotopic (exact) mass is 410 g/mol. The Bertz CT molecular complexity index is 841. The minimum atomic E-state index is -0.297. The minimum absolute atomic E-state index is 0.0989. The largest absolute Gasteiger partial charge is 0.484 e. The minimum Gasteiger partial charge on any atom is -0.484 e. The molecule has 5 heteroatoms. The lowest BCUT2D eigenvalue weighted by atomic mass is 9.84. The first-order valence-corrected chi connectivity index (χ1v) is 11.3. The molecule has 1 saturated carbocycles. The molecule has 30 heavy (non-hydrogen) atoms. The molecule has 1 N–H and O–H groups in total. The summed E-state index contributed by atoms with van der Waals surface area (Å²) in [5.41, 5.74) is 2.42. The first-order valence-electron chi connectivity index (χ1n) is 11.3. The van der Waals surface area contributed by atoms with Crippen LogP contribution < -0.4 is 15.0 Å². The fraction of sp³-hybridized carbons (Fsp3) is 0.480. The molecule has 1 aliphatic heterocycles. The molecular formula is C25H31FN2O2. The number of rotatable bonds is 6. The predicted octanol–water partition coefficient (Wildman–Crippen LogP) is 5.88. The fourth-order valence-electron chi connectivity index (χ4n) is 4.59. The summed E-state index contributed by atoms with van der Waals surface area (Å²) in [7, 11) is 0. The summed E-state index contributed by atoms with van der Waals surface area (Å²) in [4.78, 5) is 14.3. The molecule has 0 spiro atoms. The number of hydrogen-bond donors (Lipinski definition) is 1. The van der Waals surface area contributed by atoms with Gasteiger partial charge in [0.2, 0.25) is 0 Å². The number of nitrogens with zero attached hydrogens (tertiary/aromatic N) is 1. The van der Waals surface area contributed by atoms with Gasteiger partial charge in [-0.15, -0.1) is 0 Å². The molecule has 160 valence electrons. The van der Waals surface area contributed by atoms with Crippen LogP contribution in [0, 0.1) is 5.82 Å². The molecule has 1 aliphatic carbocycles. The van der Waals surface area contributed by atoms with Crippen LogP contribution in [0.2, 0.25) is 0 Å². The zero-order valence-corrected chi connectivity index (χ0v) is 17.5. The quantitative estimate of drug-likeness (QED) is 0.646. The SMILES string of the molecule is O=C(COc1ccc(C2CCCCC2)cc1)Nc1ccc(N2CCCCC2)c(F)c1. The zero-order chi connectivity index (χ0) is 20.8. The summed E-state index contributed by atoms with van der Waals surface area (Å²) in [5.74, 6) is 0.737. The predicted molar refractivity (Wildman–Crippen MR) is 119 cm³/mol. The molecule has 2 aromatic rings. The maximum absolute atomic E-state index is 14.5. The molecular weight excluding hydrogens is 379 g/mol. The first kappa shape index (κ1) is 20.7. The van der Waals surface area contributed by atoms with Crippen LogP contribution in [0.1, 0.15) is 62.8 Å². The number of halogens is 1. The van der Waals surface area contributed by atoms with Gasteiger partial charge in [0.25, 0.3) is 5.91 Å². The van der Waals surface area contributed by atoms with Crippen LogP contribution in [0.4, 0.5) is 15.8 Å². The smallest absolute Gasteiger partial charge is 0.262 e. The van der Waals surface area contributed by atoms with E-state index in [1.165, 1.54) is 50.2 Å². The van der Waals surface area contributed by atoms with Crippen molar-refractivity contribution in [2.75, 3.05) is 29.9 Å². The second-order valence-electron chi connectivity index (χ2n) is 8.45. The number of carbonyl (C=O) groups excluding carboxylic acids is 1. The van der Waals surface area contributed by atoms with E-state index in [1.807, 2.05) is 12.1 Å². The van der Waals surface area contributed by atoms with Crippen LogP contribution in [-0.2, 0) is 4.79 Å². The van der Waals surface area contributed by atoms with Crippen molar-refractivity contribution in [1.82, 2.24) is 0 Å². The Kier molecular flexibility index (Phi) is 6.88. The highest BCUT2D eigenvalue weighted by Gasteiger charge is 2.17. The Morgan fingerprint density at radius 2 is 1.67 bits per heavy atom. The van der Waals surface area contributed by atoms with Gasteiger partial charge in [-0.2, -0.15) is 0 Å². The van der Waals surface area contributed by atoms with Gasteiger partial charge in [0.05, 0.1) is 5.69 Å². The average Bonchev–Trinajstić information content (AvgIpc) is 2.79.